The Morgan fingerprint density at radius 1 is 1.12 bits per heavy atom. The number of hydrogen-bond donors (Lipinski definition) is 2. The largest absolute Gasteiger partial charge is 0.491 e. The Morgan fingerprint density at radius 2 is 1.76 bits per heavy atom. The van der Waals surface area contributed by atoms with Crippen LogP contribution in [0.25, 0.3) is 11.0 Å². The van der Waals surface area contributed by atoms with Gasteiger partial charge in [-0.2, -0.15) is 0 Å². The van der Waals surface area contributed by atoms with Crippen molar-refractivity contribution in [3.63, 3.8) is 0 Å². The molecule has 0 saturated carbocycles. The molecule has 5 heteroatoms. The molecule has 0 amide bonds. The smallest absolute Gasteiger partial charge is 0.203 e. The van der Waals surface area contributed by atoms with Crippen LogP contribution in [0.1, 0.15) is 5.56 Å². The first kappa shape index (κ1) is 17.0. The fraction of sp³-hybridized carbons (Fsp3) is 0.250. The second-order valence-corrected chi connectivity index (χ2v) is 6.05. The van der Waals surface area contributed by atoms with Gasteiger partial charge in [-0.25, -0.2) is 0 Å². The summed E-state index contributed by atoms with van der Waals surface area (Å²) in [6, 6.07) is 15.5. The summed E-state index contributed by atoms with van der Waals surface area (Å²) in [5.41, 5.74) is 3.26. The molecule has 0 aliphatic heterocycles. The van der Waals surface area contributed by atoms with E-state index in [1.807, 2.05) is 64.6 Å². The van der Waals surface area contributed by atoms with Gasteiger partial charge >= 0.3 is 0 Å². The second kappa shape index (κ2) is 7.40. The van der Waals surface area contributed by atoms with Gasteiger partial charge in [0, 0.05) is 6.54 Å². The summed E-state index contributed by atoms with van der Waals surface area (Å²) in [6.45, 7) is 6.77. The number of para-hydroxylation sites is 3. The molecule has 0 aliphatic carbocycles. The molecule has 25 heavy (non-hydrogen) atoms. The van der Waals surface area contributed by atoms with E-state index in [4.69, 9.17) is 10.1 Å². The predicted molar refractivity (Wildman–Crippen MR) is 98.7 cm³/mol. The lowest BCUT2D eigenvalue weighted by Gasteiger charge is -2.15. The number of rotatable bonds is 7. The second-order valence-electron chi connectivity index (χ2n) is 6.05. The number of aliphatic hydroxyl groups is 1. The summed E-state index contributed by atoms with van der Waals surface area (Å²) >= 11 is 0. The van der Waals surface area contributed by atoms with Crippen LogP contribution in [-0.4, -0.2) is 27.0 Å². The number of ether oxygens (including phenoxy) is 1. The lowest BCUT2D eigenvalue weighted by molar-refractivity contribution is 0.0918. The molecule has 0 bridgehead atoms. The Kier molecular flexibility index (Phi) is 5.05. The summed E-state index contributed by atoms with van der Waals surface area (Å²) in [6.07, 6.45) is 1.06. The van der Waals surface area contributed by atoms with Gasteiger partial charge in [-0.15, -0.1) is 6.58 Å². The van der Waals surface area contributed by atoms with Crippen molar-refractivity contribution in [3.8, 4) is 5.75 Å². The quantitative estimate of drug-likeness (QED) is 0.651. The molecule has 2 N–H and O–H groups in total. The van der Waals surface area contributed by atoms with Gasteiger partial charge in [-0.05, 0) is 30.7 Å². The van der Waals surface area contributed by atoms with Crippen molar-refractivity contribution in [1.82, 2.24) is 9.13 Å². The molecule has 3 aromatic rings. The molecule has 0 fully saturated rings. The van der Waals surface area contributed by atoms with E-state index in [2.05, 4.69) is 6.58 Å². The van der Waals surface area contributed by atoms with E-state index in [0.717, 1.165) is 22.3 Å². The highest BCUT2D eigenvalue weighted by atomic mass is 16.5. The minimum Gasteiger partial charge on any atom is -0.491 e. The third-order valence-electron chi connectivity index (χ3n) is 4.20. The van der Waals surface area contributed by atoms with Gasteiger partial charge < -0.3 is 19.0 Å². The van der Waals surface area contributed by atoms with Crippen molar-refractivity contribution < 1.29 is 9.84 Å². The maximum Gasteiger partial charge on any atom is 0.203 e. The van der Waals surface area contributed by atoms with E-state index in [1.54, 1.807) is 6.08 Å². The van der Waals surface area contributed by atoms with E-state index in [9.17, 15) is 5.11 Å². The maximum absolute atomic E-state index is 10.4. The normalized spacial score (nSPS) is 12.2. The molecule has 1 atom stereocenters. The third kappa shape index (κ3) is 3.51. The average molecular weight is 337 g/mol. The van der Waals surface area contributed by atoms with Crippen LogP contribution in [0.3, 0.4) is 0 Å². The Morgan fingerprint density at radius 3 is 2.44 bits per heavy atom. The minimum atomic E-state index is -0.711. The van der Waals surface area contributed by atoms with Crippen molar-refractivity contribution in [3.05, 3.63) is 72.4 Å². The van der Waals surface area contributed by atoms with Gasteiger partial charge in [0.25, 0.3) is 0 Å². The Hall–Kier alpha value is -2.79. The molecular weight excluding hydrogens is 314 g/mol. The monoisotopic (exact) mass is 337 g/mol. The fourth-order valence-corrected chi connectivity index (χ4v) is 2.96. The van der Waals surface area contributed by atoms with E-state index in [1.165, 1.54) is 0 Å². The number of aliphatic hydroxyl groups excluding tert-OH is 1. The van der Waals surface area contributed by atoms with Crippen LogP contribution in [0, 0.1) is 12.3 Å². The highest BCUT2D eigenvalue weighted by Crippen LogP contribution is 2.17. The number of imidazole rings is 1. The van der Waals surface area contributed by atoms with Crippen LogP contribution in [0.2, 0.25) is 0 Å². The van der Waals surface area contributed by atoms with Crippen LogP contribution >= 0.6 is 0 Å². The lowest BCUT2D eigenvalue weighted by Crippen LogP contribution is -2.31. The van der Waals surface area contributed by atoms with Gasteiger partial charge in [0.1, 0.15) is 18.5 Å². The zero-order valence-electron chi connectivity index (χ0n) is 14.4. The van der Waals surface area contributed by atoms with Crippen LogP contribution in [-0.2, 0) is 13.1 Å². The van der Waals surface area contributed by atoms with Crippen LogP contribution in [0.15, 0.2) is 61.2 Å². The topological polar surface area (TPSA) is 63.2 Å². The number of hydrogen-bond acceptors (Lipinski definition) is 3. The highest BCUT2D eigenvalue weighted by molar-refractivity contribution is 5.75. The van der Waals surface area contributed by atoms with Gasteiger partial charge in [0.15, 0.2) is 0 Å². The molecule has 0 saturated heterocycles. The van der Waals surface area contributed by atoms with Crippen molar-refractivity contribution >= 4 is 11.0 Å². The summed E-state index contributed by atoms with van der Waals surface area (Å²) in [5.74, 6) is 0.770. The first-order valence-electron chi connectivity index (χ1n) is 8.32. The van der Waals surface area contributed by atoms with Crippen molar-refractivity contribution in [2.45, 2.75) is 26.1 Å². The van der Waals surface area contributed by atoms with Gasteiger partial charge in [-0.3, -0.25) is 5.41 Å². The Labute approximate surface area is 146 Å². The molecule has 0 spiro atoms. The van der Waals surface area contributed by atoms with E-state index >= 15 is 0 Å². The standard InChI is InChI=1S/C20H23N3O2/c1-3-12-22-17-9-5-6-10-18(17)23(20(22)21)13-16(24)14-25-19-11-7-4-8-15(19)2/h3-11,16,21,24H,1,12-14H2,2H3/t16-/m0/s1. The maximum atomic E-state index is 10.4. The average Bonchev–Trinajstić information content (AvgIpc) is 2.87. The molecular formula is C20H23N3O2. The summed E-state index contributed by atoms with van der Waals surface area (Å²) in [7, 11) is 0. The first-order chi connectivity index (χ1) is 12.1. The lowest BCUT2D eigenvalue weighted by atomic mass is 10.2. The Balaban J connectivity index is 1.80. The zero-order chi connectivity index (χ0) is 17.8. The Bertz CT molecular complexity index is 940. The number of allylic oxidation sites excluding steroid dienone is 1. The fourth-order valence-electron chi connectivity index (χ4n) is 2.96. The van der Waals surface area contributed by atoms with Crippen molar-refractivity contribution in [1.29, 1.82) is 5.41 Å². The van der Waals surface area contributed by atoms with E-state index < -0.39 is 6.10 Å². The summed E-state index contributed by atoms with van der Waals surface area (Å²) < 4.78 is 9.41. The van der Waals surface area contributed by atoms with Crippen LogP contribution in [0.4, 0.5) is 0 Å². The van der Waals surface area contributed by atoms with E-state index in [0.29, 0.717) is 18.7 Å². The molecule has 2 aromatic carbocycles. The highest BCUT2D eigenvalue weighted by Gasteiger charge is 2.14. The molecule has 1 heterocycles. The minimum absolute atomic E-state index is 0.179. The summed E-state index contributed by atoms with van der Waals surface area (Å²) in [5, 5.41) is 18.8. The van der Waals surface area contributed by atoms with Crippen molar-refractivity contribution in [2.75, 3.05) is 6.61 Å². The van der Waals surface area contributed by atoms with Crippen LogP contribution in [0.5, 0.6) is 5.75 Å². The predicted octanol–water partition coefficient (Wildman–Crippen LogP) is 2.86. The zero-order valence-corrected chi connectivity index (χ0v) is 14.4. The molecule has 5 nitrogen and oxygen atoms in total. The van der Waals surface area contributed by atoms with Gasteiger partial charge in [-0.1, -0.05) is 36.4 Å². The molecule has 0 unspecified atom stereocenters. The number of aryl methyl sites for hydroxylation is 1. The number of aromatic nitrogens is 2. The van der Waals surface area contributed by atoms with Gasteiger partial charge in [0.05, 0.1) is 17.6 Å². The third-order valence-corrected chi connectivity index (χ3v) is 4.20. The molecule has 0 radical (unpaired) electrons. The van der Waals surface area contributed by atoms with Gasteiger partial charge in [0.2, 0.25) is 5.62 Å². The van der Waals surface area contributed by atoms with Crippen molar-refractivity contribution in [2.24, 2.45) is 0 Å². The molecule has 130 valence electrons. The summed E-state index contributed by atoms with van der Waals surface area (Å²) in [4.78, 5) is 0. The molecule has 1 aromatic heterocycles. The van der Waals surface area contributed by atoms with Crippen LogP contribution < -0.4 is 10.4 Å². The number of benzene rings is 2. The molecule has 3 rings (SSSR count). The SMILES string of the molecule is C=CCn1c(=N)n(C[C@H](O)COc2ccccc2C)c2ccccc21. The molecule has 0 aliphatic rings. The van der Waals surface area contributed by atoms with E-state index in [-0.39, 0.29) is 6.61 Å². The number of nitrogens with one attached hydrogen (secondary N) is 1. The number of fused-ring (bicyclic) bond motifs is 1. The number of nitrogens with zero attached hydrogens (tertiary/aromatic N) is 2. The first-order valence-corrected chi connectivity index (χ1v) is 8.32.